The molecule has 0 rings (SSSR count). The summed E-state index contributed by atoms with van der Waals surface area (Å²) in [7, 11) is 0. The van der Waals surface area contributed by atoms with E-state index in [1.54, 1.807) is 0 Å². The highest BCUT2D eigenvalue weighted by Gasteiger charge is 2.07. The maximum atomic E-state index is 5.19. The fourth-order valence-corrected chi connectivity index (χ4v) is 1.56. The Morgan fingerprint density at radius 1 is 0.889 bits per heavy atom. The second-order valence-electron chi connectivity index (χ2n) is 4.12. The molecular formula is C14H28N2O2. The molecule has 0 amide bonds. The summed E-state index contributed by atoms with van der Waals surface area (Å²) in [4.78, 5) is 0. The Balaban J connectivity index is 3.61. The molecule has 0 aliphatic carbocycles. The van der Waals surface area contributed by atoms with Crippen LogP contribution in [0.25, 0.3) is 0 Å². The number of hydrogen-bond donors (Lipinski definition) is 2. The molecule has 0 saturated heterocycles. The van der Waals surface area contributed by atoms with Crippen LogP contribution in [0.2, 0.25) is 0 Å². The van der Waals surface area contributed by atoms with Gasteiger partial charge in [-0.05, 0) is 12.8 Å². The second kappa shape index (κ2) is 12.5. The van der Waals surface area contributed by atoms with Crippen molar-refractivity contribution in [1.29, 1.82) is 0 Å². The zero-order valence-corrected chi connectivity index (χ0v) is 11.8. The average molecular weight is 256 g/mol. The minimum atomic E-state index is 0.384. The van der Waals surface area contributed by atoms with E-state index in [0.29, 0.717) is 25.3 Å². The van der Waals surface area contributed by atoms with Crippen molar-refractivity contribution in [1.82, 2.24) is 10.6 Å². The number of hydrogen-bond acceptors (Lipinski definition) is 4. The van der Waals surface area contributed by atoms with E-state index in [4.69, 9.17) is 9.47 Å². The Morgan fingerprint density at radius 3 is 1.56 bits per heavy atom. The van der Waals surface area contributed by atoms with Gasteiger partial charge in [-0.3, -0.25) is 0 Å². The predicted octanol–water partition coefficient (Wildman–Crippen LogP) is 2.04. The third kappa shape index (κ3) is 9.07. The lowest BCUT2D eigenvalue weighted by Gasteiger charge is -2.19. The van der Waals surface area contributed by atoms with Crippen LogP contribution in [0, 0.1) is 0 Å². The molecule has 0 bridgehead atoms. The highest BCUT2D eigenvalue weighted by molar-refractivity contribution is 4.69. The Morgan fingerprint density at radius 2 is 1.28 bits per heavy atom. The molecule has 0 aromatic carbocycles. The van der Waals surface area contributed by atoms with Crippen molar-refractivity contribution in [2.24, 2.45) is 0 Å². The van der Waals surface area contributed by atoms with Gasteiger partial charge >= 0.3 is 0 Å². The van der Waals surface area contributed by atoms with Crippen molar-refractivity contribution in [3.8, 4) is 0 Å². The highest BCUT2D eigenvalue weighted by atomic mass is 16.5. The van der Waals surface area contributed by atoms with Crippen molar-refractivity contribution in [2.75, 3.05) is 26.3 Å². The normalized spacial score (nSPS) is 13.7. The molecule has 4 nitrogen and oxygen atoms in total. The molecule has 0 saturated carbocycles. The van der Waals surface area contributed by atoms with Crippen molar-refractivity contribution < 1.29 is 9.47 Å². The van der Waals surface area contributed by atoms with E-state index in [0.717, 1.165) is 25.9 Å². The zero-order valence-electron chi connectivity index (χ0n) is 11.8. The number of ether oxygens (including phenoxy) is 2. The van der Waals surface area contributed by atoms with Crippen molar-refractivity contribution in [3.63, 3.8) is 0 Å². The molecule has 0 fully saturated rings. The monoisotopic (exact) mass is 256 g/mol. The van der Waals surface area contributed by atoms with E-state index in [-0.39, 0.29) is 0 Å². The van der Waals surface area contributed by atoms with Crippen LogP contribution in [-0.4, -0.2) is 38.4 Å². The van der Waals surface area contributed by atoms with Gasteiger partial charge in [0.15, 0.2) is 0 Å². The van der Waals surface area contributed by atoms with Gasteiger partial charge in [0.25, 0.3) is 0 Å². The fraction of sp³-hybridized carbons (Fsp3) is 0.714. The summed E-state index contributed by atoms with van der Waals surface area (Å²) in [6, 6.07) is 0.767. The van der Waals surface area contributed by atoms with Crippen molar-refractivity contribution in [3.05, 3.63) is 25.7 Å². The fourth-order valence-electron chi connectivity index (χ4n) is 1.56. The first-order valence-electron chi connectivity index (χ1n) is 6.70. The third-order valence-electron chi connectivity index (χ3n) is 2.81. The maximum absolute atomic E-state index is 5.19. The molecule has 0 aromatic heterocycles. The Kier molecular flexibility index (Phi) is 11.8. The van der Waals surface area contributed by atoms with E-state index in [1.165, 1.54) is 12.5 Å². The lowest BCUT2D eigenvalue weighted by atomic mass is 10.2. The summed E-state index contributed by atoms with van der Waals surface area (Å²) in [5, 5.41) is 6.89. The van der Waals surface area contributed by atoms with Crippen LogP contribution in [0.4, 0.5) is 0 Å². The van der Waals surface area contributed by atoms with Crippen LogP contribution in [0.3, 0.4) is 0 Å². The molecule has 0 aliphatic heterocycles. The molecular weight excluding hydrogens is 228 g/mol. The lowest BCUT2D eigenvalue weighted by Crippen LogP contribution is -2.41. The summed E-state index contributed by atoms with van der Waals surface area (Å²) in [5.74, 6) is 0. The summed E-state index contributed by atoms with van der Waals surface area (Å²) in [6.07, 6.45) is 5.07. The molecule has 0 aliphatic rings. The molecule has 2 N–H and O–H groups in total. The molecule has 0 heterocycles. The smallest absolute Gasteiger partial charge is 0.103 e. The van der Waals surface area contributed by atoms with E-state index < -0.39 is 0 Å². The molecule has 0 spiro atoms. The summed E-state index contributed by atoms with van der Waals surface area (Å²) in [6.45, 7) is 14.6. The maximum Gasteiger partial charge on any atom is 0.103 e. The average Bonchev–Trinajstić information content (AvgIpc) is 2.41. The van der Waals surface area contributed by atoms with Gasteiger partial charge in [-0.1, -0.05) is 27.0 Å². The predicted molar refractivity (Wildman–Crippen MR) is 76.5 cm³/mol. The van der Waals surface area contributed by atoms with E-state index in [9.17, 15) is 0 Å². The molecule has 0 radical (unpaired) electrons. The van der Waals surface area contributed by atoms with Gasteiger partial charge in [0, 0.05) is 25.2 Å². The van der Waals surface area contributed by atoms with Crippen LogP contribution < -0.4 is 10.6 Å². The Bertz CT molecular complexity index is 188. The van der Waals surface area contributed by atoms with Gasteiger partial charge < -0.3 is 20.1 Å². The SMILES string of the molecule is C=COC[C@H](CC)NCCN[C@@H](CC)COC=C. The summed E-state index contributed by atoms with van der Waals surface area (Å²) >= 11 is 0. The van der Waals surface area contributed by atoms with Crippen LogP contribution in [0.1, 0.15) is 26.7 Å². The van der Waals surface area contributed by atoms with Gasteiger partial charge in [-0.2, -0.15) is 0 Å². The lowest BCUT2D eigenvalue weighted by molar-refractivity contribution is 0.199. The van der Waals surface area contributed by atoms with Crippen molar-refractivity contribution >= 4 is 0 Å². The van der Waals surface area contributed by atoms with Gasteiger partial charge in [0.05, 0.1) is 12.5 Å². The summed E-state index contributed by atoms with van der Waals surface area (Å²) < 4.78 is 10.4. The Hall–Kier alpha value is -1.00. The molecule has 0 aromatic rings. The molecule has 2 atom stereocenters. The first-order chi connectivity index (χ1) is 8.78. The van der Waals surface area contributed by atoms with Crippen LogP contribution in [0.15, 0.2) is 25.7 Å². The minimum Gasteiger partial charge on any atom is -0.500 e. The van der Waals surface area contributed by atoms with Gasteiger partial charge in [-0.25, -0.2) is 0 Å². The van der Waals surface area contributed by atoms with Gasteiger partial charge in [0.1, 0.15) is 13.2 Å². The Labute approximate surface area is 111 Å². The zero-order chi connectivity index (χ0) is 13.6. The van der Waals surface area contributed by atoms with E-state index in [1.807, 2.05) is 0 Å². The number of rotatable bonds is 13. The van der Waals surface area contributed by atoms with Gasteiger partial charge in [-0.15, -0.1) is 0 Å². The minimum absolute atomic E-state index is 0.384. The van der Waals surface area contributed by atoms with Crippen LogP contribution in [0.5, 0.6) is 0 Å². The summed E-state index contributed by atoms with van der Waals surface area (Å²) in [5.41, 5.74) is 0. The molecule has 18 heavy (non-hydrogen) atoms. The molecule has 4 heteroatoms. The standard InChI is InChI=1S/C14H28N2O2/c1-5-13(11-17-7-3)15-9-10-16-14(6-2)12-18-8-4/h7-8,13-16H,3-6,9-12H2,1-2H3/t13-,14-/m0/s1. The van der Waals surface area contributed by atoms with E-state index >= 15 is 0 Å². The highest BCUT2D eigenvalue weighted by Crippen LogP contribution is 1.93. The number of nitrogens with one attached hydrogen (secondary N) is 2. The quantitative estimate of drug-likeness (QED) is 0.391. The molecule has 0 unspecified atom stereocenters. The largest absolute Gasteiger partial charge is 0.500 e. The van der Waals surface area contributed by atoms with Crippen LogP contribution in [-0.2, 0) is 9.47 Å². The van der Waals surface area contributed by atoms with Crippen molar-refractivity contribution in [2.45, 2.75) is 38.8 Å². The first kappa shape index (κ1) is 17.0. The van der Waals surface area contributed by atoms with E-state index in [2.05, 4.69) is 37.6 Å². The third-order valence-corrected chi connectivity index (χ3v) is 2.81. The van der Waals surface area contributed by atoms with Gasteiger partial charge in [0.2, 0.25) is 0 Å². The second-order valence-corrected chi connectivity index (χ2v) is 4.12. The van der Waals surface area contributed by atoms with Crippen LogP contribution >= 0.6 is 0 Å². The first-order valence-corrected chi connectivity index (χ1v) is 6.70. The topological polar surface area (TPSA) is 42.5 Å². The molecule has 106 valence electrons.